The third-order valence-corrected chi connectivity index (χ3v) is 3.79. The number of alkyl halides is 6. The first-order valence-corrected chi connectivity index (χ1v) is 7.02. The van der Waals surface area contributed by atoms with Gasteiger partial charge in [0.25, 0.3) is 0 Å². The summed E-state index contributed by atoms with van der Waals surface area (Å²) in [6.45, 7) is 0. The molecule has 1 unspecified atom stereocenters. The van der Waals surface area contributed by atoms with Crippen LogP contribution in [0.3, 0.4) is 0 Å². The molecule has 0 saturated carbocycles. The number of rotatable bonds is 5. The fraction of sp³-hybridized carbons (Fsp3) is 0.889. The van der Waals surface area contributed by atoms with Gasteiger partial charge in [-0.3, -0.25) is 4.79 Å². The van der Waals surface area contributed by atoms with Crippen LogP contribution in [-0.4, -0.2) is 42.9 Å². The zero-order chi connectivity index (χ0) is 17.2. The molecule has 12 heteroatoms. The molecule has 0 saturated heterocycles. The fourth-order valence-electron chi connectivity index (χ4n) is 1.75. The average molecular weight is 343 g/mol. The quantitative estimate of drug-likeness (QED) is 0.548. The van der Waals surface area contributed by atoms with Gasteiger partial charge in [0.1, 0.15) is 0 Å². The van der Waals surface area contributed by atoms with E-state index in [4.69, 9.17) is 0 Å². The predicted octanol–water partition coefficient (Wildman–Crippen LogP) is 0.878. The van der Waals surface area contributed by atoms with Gasteiger partial charge in [0.05, 0.1) is 5.66 Å². The highest BCUT2D eigenvalue weighted by Crippen LogP contribution is 2.45. The lowest BCUT2D eigenvalue weighted by Gasteiger charge is -2.43. The molecule has 0 rings (SSSR count). The second-order valence-corrected chi connectivity index (χ2v) is 6.25. The van der Waals surface area contributed by atoms with E-state index in [1.807, 2.05) is 0 Å². The molecule has 126 valence electrons. The van der Waals surface area contributed by atoms with Crippen LogP contribution in [0, 0.1) is 5.92 Å². The standard InChI is InChI=1S/C9H14F6NO4P/c1-16(2)7(17)6(21(18,19)20)5(3-8(10,11)12)4-9(13,14)15/h5-6H,3-4H2,1-2H3,(H2,18,19,20)/p-2. The maximum Gasteiger partial charge on any atom is 0.389 e. The van der Waals surface area contributed by atoms with Crippen LogP contribution in [0.2, 0.25) is 0 Å². The zero-order valence-electron chi connectivity index (χ0n) is 10.9. The molecular formula is C9H12F6NO4P-2. The highest BCUT2D eigenvalue weighted by molar-refractivity contribution is 7.50. The van der Waals surface area contributed by atoms with Crippen LogP contribution in [0.25, 0.3) is 0 Å². The number of hydrogen-bond acceptors (Lipinski definition) is 4. The van der Waals surface area contributed by atoms with Crippen molar-refractivity contribution in [2.24, 2.45) is 5.92 Å². The van der Waals surface area contributed by atoms with Gasteiger partial charge in [0, 0.05) is 26.9 Å². The summed E-state index contributed by atoms with van der Waals surface area (Å²) in [5, 5.41) is 0. The fourth-order valence-corrected chi connectivity index (χ4v) is 2.98. The Balaban J connectivity index is 5.68. The maximum atomic E-state index is 12.3. The van der Waals surface area contributed by atoms with Crippen molar-refractivity contribution >= 4 is 13.5 Å². The molecule has 1 amide bonds. The Morgan fingerprint density at radius 3 is 1.57 bits per heavy atom. The van der Waals surface area contributed by atoms with Gasteiger partial charge in [-0.15, -0.1) is 0 Å². The van der Waals surface area contributed by atoms with E-state index in [0.717, 1.165) is 14.1 Å². The molecule has 0 aromatic carbocycles. The molecule has 0 aliphatic heterocycles. The van der Waals surface area contributed by atoms with Crippen LogP contribution in [-0.2, 0) is 9.36 Å². The van der Waals surface area contributed by atoms with Crippen molar-refractivity contribution in [1.29, 1.82) is 0 Å². The van der Waals surface area contributed by atoms with E-state index in [1.165, 1.54) is 0 Å². The van der Waals surface area contributed by atoms with E-state index in [-0.39, 0.29) is 0 Å². The van der Waals surface area contributed by atoms with Crippen LogP contribution in [0.5, 0.6) is 0 Å². The molecule has 0 bridgehead atoms. The van der Waals surface area contributed by atoms with Crippen molar-refractivity contribution in [3.8, 4) is 0 Å². The summed E-state index contributed by atoms with van der Waals surface area (Å²) >= 11 is 0. The van der Waals surface area contributed by atoms with Gasteiger partial charge in [0.2, 0.25) is 5.91 Å². The Kier molecular flexibility index (Phi) is 6.28. The lowest BCUT2D eigenvalue weighted by molar-refractivity contribution is -0.317. The molecule has 21 heavy (non-hydrogen) atoms. The van der Waals surface area contributed by atoms with Gasteiger partial charge in [-0.1, -0.05) is 7.60 Å². The van der Waals surface area contributed by atoms with Crippen LogP contribution in [0.1, 0.15) is 12.8 Å². The van der Waals surface area contributed by atoms with Crippen LogP contribution in [0.15, 0.2) is 0 Å². The monoisotopic (exact) mass is 343 g/mol. The molecule has 0 heterocycles. The number of hydrogen-bond donors (Lipinski definition) is 0. The highest BCUT2D eigenvalue weighted by atomic mass is 31.2. The minimum absolute atomic E-state index is 0.465. The van der Waals surface area contributed by atoms with Crippen molar-refractivity contribution in [1.82, 2.24) is 4.90 Å². The Morgan fingerprint density at radius 1 is 1.05 bits per heavy atom. The lowest BCUT2D eigenvalue weighted by Crippen LogP contribution is -2.46. The van der Waals surface area contributed by atoms with E-state index in [0.29, 0.717) is 4.90 Å². The third-order valence-electron chi connectivity index (χ3n) is 2.47. The molecular weight excluding hydrogens is 331 g/mol. The van der Waals surface area contributed by atoms with Crippen molar-refractivity contribution in [2.45, 2.75) is 30.9 Å². The summed E-state index contributed by atoms with van der Waals surface area (Å²) in [5.74, 6) is -4.33. The van der Waals surface area contributed by atoms with Gasteiger partial charge in [0.15, 0.2) is 0 Å². The van der Waals surface area contributed by atoms with Gasteiger partial charge in [-0.05, 0) is 5.92 Å². The normalized spacial score (nSPS) is 15.2. The molecule has 1 atom stereocenters. The van der Waals surface area contributed by atoms with E-state index in [2.05, 4.69) is 0 Å². The lowest BCUT2D eigenvalue weighted by atomic mass is 9.95. The van der Waals surface area contributed by atoms with E-state index in [9.17, 15) is 45.5 Å². The Hall–Kier alpha value is -0.800. The van der Waals surface area contributed by atoms with Crippen molar-refractivity contribution in [3.63, 3.8) is 0 Å². The van der Waals surface area contributed by atoms with Crippen LogP contribution >= 0.6 is 7.60 Å². The summed E-state index contributed by atoms with van der Waals surface area (Å²) < 4.78 is 84.8. The minimum atomic E-state index is -6.01. The summed E-state index contributed by atoms with van der Waals surface area (Å²) in [6.07, 6.45) is -14.7. The first-order valence-electron chi connectivity index (χ1n) is 5.41. The Labute approximate surface area is 116 Å². The number of halogens is 6. The van der Waals surface area contributed by atoms with Gasteiger partial charge < -0.3 is 19.3 Å². The molecule has 0 aromatic heterocycles. The predicted molar refractivity (Wildman–Crippen MR) is 54.9 cm³/mol. The van der Waals surface area contributed by atoms with Crippen molar-refractivity contribution in [2.75, 3.05) is 14.1 Å². The summed E-state index contributed by atoms with van der Waals surface area (Å²) in [6, 6.07) is 0. The molecule has 0 aliphatic rings. The number of amides is 1. The number of nitrogens with zero attached hydrogens (tertiary/aromatic N) is 1. The SMILES string of the molecule is CN(C)C(=O)C(C(CC(F)(F)F)CC(F)(F)F)P(=O)([O-])[O-]. The molecule has 0 N–H and O–H groups in total. The smallest absolute Gasteiger partial charge is 0.389 e. The molecule has 0 aliphatic carbocycles. The summed E-state index contributed by atoms with van der Waals surface area (Å²) in [7, 11) is -4.17. The van der Waals surface area contributed by atoms with E-state index >= 15 is 0 Å². The van der Waals surface area contributed by atoms with E-state index in [1.54, 1.807) is 0 Å². The second kappa shape index (κ2) is 6.53. The highest BCUT2D eigenvalue weighted by Gasteiger charge is 2.45. The largest absolute Gasteiger partial charge is 0.810 e. The van der Waals surface area contributed by atoms with Gasteiger partial charge >= 0.3 is 12.4 Å². The first kappa shape index (κ1) is 20.2. The average Bonchev–Trinajstić information content (AvgIpc) is 2.08. The van der Waals surface area contributed by atoms with Crippen LogP contribution < -0.4 is 9.79 Å². The van der Waals surface area contributed by atoms with Crippen molar-refractivity contribution in [3.05, 3.63) is 0 Å². The first-order chi connectivity index (χ1) is 9.04. The second-order valence-electron chi connectivity index (χ2n) is 4.62. The molecule has 0 spiro atoms. The van der Waals surface area contributed by atoms with Crippen molar-refractivity contribution < 1.29 is 45.5 Å². The van der Waals surface area contributed by atoms with Gasteiger partial charge in [-0.25, -0.2) is 0 Å². The molecule has 0 fully saturated rings. The zero-order valence-corrected chi connectivity index (χ0v) is 11.8. The Morgan fingerprint density at radius 2 is 1.38 bits per heavy atom. The number of carbonyl (C=O) groups is 1. The molecule has 0 radical (unpaired) electrons. The third kappa shape index (κ3) is 7.68. The summed E-state index contributed by atoms with van der Waals surface area (Å²) in [4.78, 5) is 33.9. The van der Waals surface area contributed by atoms with Crippen LogP contribution in [0.4, 0.5) is 26.3 Å². The maximum absolute atomic E-state index is 12.3. The summed E-state index contributed by atoms with van der Waals surface area (Å²) in [5.41, 5.74) is -2.92. The molecule has 0 aromatic rings. The topological polar surface area (TPSA) is 83.5 Å². The molecule has 5 nitrogen and oxygen atoms in total. The Bertz CT molecular complexity index is 399. The number of carbonyl (C=O) groups excluding carboxylic acids is 1. The van der Waals surface area contributed by atoms with E-state index < -0.39 is 50.3 Å². The van der Waals surface area contributed by atoms with Gasteiger partial charge in [-0.2, -0.15) is 26.3 Å². The minimum Gasteiger partial charge on any atom is -0.810 e.